The molecule has 146 valence electrons. The van der Waals surface area contributed by atoms with Crippen molar-refractivity contribution < 1.29 is 9.18 Å². The minimum Gasteiger partial charge on any atom is -0.336 e. The van der Waals surface area contributed by atoms with Crippen molar-refractivity contribution in [1.29, 1.82) is 0 Å². The van der Waals surface area contributed by atoms with Crippen LogP contribution in [0.3, 0.4) is 0 Å². The van der Waals surface area contributed by atoms with Crippen LogP contribution < -0.4 is 10.6 Å². The number of halogens is 2. The van der Waals surface area contributed by atoms with Gasteiger partial charge < -0.3 is 15.2 Å². The quantitative estimate of drug-likeness (QED) is 0.454. The van der Waals surface area contributed by atoms with E-state index in [0.717, 1.165) is 15.6 Å². The topological polar surface area (TPSA) is 71.8 Å². The maximum absolute atomic E-state index is 13.3. The highest BCUT2D eigenvalue weighted by Crippen LogP contribution is 2.23. The Hall–Kier alpha value is -3.26. The van der Waals surface area contributed by atoms with Crippen LogP contribution in [-0.4, -0.2) is 27.1 Å². The molecule has 0 saturated heterocycles. The Labute approximate surface area is 174 Å². The van der Waals surface area contributed by atoms with Crippen molar-refractivity contribution >= 4 is 38.8 Å². The molecule has 0 spiro atoms. The summed E-state index contributed by atoms with van der Waals surface area (Å²) < 4.78 is 16.1. The van der Waals surface area contributed by atoms with Crippen LogP contribution in [0, 0.1) is 5.82 Å². The van der Waals surface area contributed by atoms with Gasteiger partial charge in [-0.15, -0.1) is 0 Å². The number of hydrogen-bond donors (Lipinski definition) is 2. The number of aromatic nitrogens is 3. The van der Waals surface area contributed by atoms with E-state index in [9.17, 15) is 9.18 Å². The van der Waals surface area contributed by atoms with E-state index in [0.29, 0.717) is 30.2 Å². The van der Waals surface area contributed by atoms with E-state index < -0.39 is 0 Å². The molecule has 29 heavy (non-hydrogen) atoms. The van der Waals surface area contributed by atoms with Crippen LogP contribution in [0.5, 0.6) is 0 Å². The lowest BCUT2D eigenvalue weighted by molar-refractivity contribution is 0.251. The number of nitrogens with one attached hydrogen (secondary N) is 2. The zero-order valence-electron chi connectivity index (χ0n) is 15.3. The average Bonchev–Trinajstić information content (AvgIpc) is 3.07. The third-order valence-corrected chi connectivity index (χ3v) is 4.80. The number of anilines is 1. The largest absolute Gasteiger partial charge is 0.336 e. The molecule has 2 heterocycles. The van der Waals surface area contributed by atoms with Crippen molar-refractivity contribution in [2.45, 2.75) is 6.54 Å². The summed E-state index contributed by atoms with van der Waals surface area (Å²) in [5, 5.41) is 5.63. The van der Waals surface area contributed by atoms with Crippen molar-refractivity contribution in [3.05, 3.63) is 77.2 Å². The summed E-state index contributed by atoms with van der Waals surface area (Å²) in [6.45, 7) is 0.836. The summed E-state index contributed by atoms with van der Waals surface area (Å²) >= 11 is 3.38. The number of amides is 2. The Morgan fingerprint density at radius 2 is 1.93 bits per heavy atom. The van der Waals surface area contributed by atoms with Gasteiger partial charge in [0.05, 0.1) is 0 Å². The van der Waals surface area contributed by atoms with E-state index in [1.165, 1.54) is 12.1 Å². The first-order valence-corrected chi connectivity index (χ1v) is 9.77. The second kappa shape index (κ2) is 8.40. The van der Waals surface area contributed by atoms with Gasteiger partial charge >= 0.3 is 6.03 Å². The van der Waals surface area contributed by atoms with Gasteiger partial charge in [0.2, 0.25) is 0 Å². The molecule has 2 aromatic heterocycles. The lowest BCUT2D eigenvalue weighted by Gasteiger charge is -2.11. The Balaban J connectivity index is 1.50. The maximum Gasteiger partial charge on any atom is 0.319 e. The smallest absolute Gasteiger partial charge is 0.319 e. The van der Waals surface area contributed by atoms with Crippen molar-refractivity contribution in [3.8, 4) is 11.4 Å². The van der Waals surface area contributed by atoms with E-state index in [4.69, 9.17) is 0 Å². The van der Waals surface area contributed by atoms with Gasteiger partial charge in [0.25, 0.3) is 0 Å². The summed E-state index contributed by atoms with van der Waals surface area (Å²) in [6, 6.07) is 16.9. The number of rotatable bonds is 5. The van der Waals surface area contributed by atoms with Crippen LogP contribution >= 0.6 is 15.9 Å². The van der Waals surface area contributed by atoms with Gasteiger partial charge in [-0.05, 0) is 54.6 Å². The summed E-state index contributed by atoms with van der Waals surface area (Å²) in [5.41, 5.74) is 2.92. The lowest BCUT2D eigenvalue weighted by atomic mass is 10.2. The standard InChI is InChI=1S/C21H17BrFN5O/c22-15-3-1-4-17(13-15)26-21(29)25-11-12-28-19(14-6-8-16(23)9-7-14)27-18-5-2-10-24-20(18)28/h1-10,13H,11-12H2,(H2,25,26,29). The fourth-order valence-electron chi connectivity index (χ4n) is 3.01. The number of imidazole rings is 1. The molecule has 0 saturated carbocycles. The van der Waals surface area contributed by atoms with Crippen LogP contribution in [0.4, 0.5) is 14.9 Å². The Morgan fingerprint density at radius 3 is 2.72 bits per heavy atom. The SMILES string of the molecule is O=C(NCCn1c(-c2ccc(F)cc2)nc2cccnc21)Nc1cccc(Br)c1. The average molecular weight is 454 g/mol. The summed E-state index contributed by atoms with van der Waals surface area (Å²) in [6.07, 6.45) is 1.70. The van der Waals surface area contributed by atoms with Crippen molar-refractivity contribution in [3.63, 3.8) is 0 Å². The van der Waals surface area contributed by atoms with E-state index in [1.54, 1.807) is 18.3 Å². The molecule has 2 aromatic carbocycles. The second-order valence-corrected chi connectivity index (χ2v) is 7.25. The fraction of sp³-hybridized carbons (Fsp3) is 0.0952. The molecule has 0 aliphatic heterocycles. The highest BCUT2D eigenvalue weighted by molar-refractivity contribution is 9.10. The second-order valence-electron chi connectivity index (χ2n) is 6.33. The number of fused-ring (bicyclic) bond motifs is 1. The molecule has 0 bridgehead atoms. The van der Waals surface area contributed by atoms with Crippen molar-refractivity contribution in [2.75, 3.05) is 11.9 Å². The Kier molecular flexibility index (Phi) is 5.53. The van der Waals surface area contributed by atoms with Gasteiger partial charge in [0.1, 0.15) is 17.2 Å². The predicted molar refractivity (Wildman–Crippen MR) is 114 cm³/mol. The number of pyridine rings is 1. The molecule has 4 aromatic rings. The molecule has 0 unspecified atom stereocenters. The normalized spacial score (nSPS) is 10.8. The van der Waals surface area contributed by atoms with Gasteiger partial charge in [-0.3, -0.25) is 0 Å². The molecule has 0 fully saturated rings. The summed E-state index contributed by atoms with van der Waals surface area (Å²) in [7, 11) is 0. The van der Waals surface area contributed by atoms with Crippen LogP contribution in [0.15, 0.2) is 71.3 Å². The van der Waals surface area contributed by atoms with Gasteiger partial charge in [0.15, 0.2) is 5.65 Å². The minimum atomic E-state index is -0.305. The zero-order valence-corrected chi connectivity index (χ0v) is 16.9. The zero-order chi connectivity index (χ0) is 20.2. The van der Waals surface area contributed by atoms with E-state index in [1.807, 2.05) is 41.0 Å². The number of urea groups is 1. The van der Waals surface area contributed by atoms with E-state index in [-0.39, 0.29) is 11.8 Å². The summed E-state index contributed by atoms with van der Waals surface area (Å²) in [5.74, 6) is 0.369. The molecule has 6 nitrogen and oxygen atoms in total. The van der Waals surface area contributed by atoms with E-state index >= 15 is 0 Å². The summed E-state index contributed by atoms with van der Waals surface area (Å²) in [4.78, 5) is 21.2. The maximum atomic E-state index is 13.3. The highest BCUT2D eigenvalue weighted by atomic mass is 79.9. The highest BCUT2D eigenvalue weighted by Gasteiger charge is 2.13. The van der Waals surface area contributed by atoms with Crippen molar-refractivity contribution in [1.82, 2.24) is 19.9 Å². The van der Waals surface area contributed by atoms with Crippen LogP contribution in [0.2, 0.25) is 0 Å². The molecule has 0 aliphatic carbocycles. The molecule has 2 N–H and O–H groups in total. The van der Waals surface area contributed by atoms with Crippen LogP contribution in [0.1, 0.15) is 0 Å². The molecular formula is C21H17BrFN5O. The molecule has 0 aliphatic rings. The molecule has 0 radical (unpaired) electrons. The molecular weight excluding hydrogens is 437 g/mol. The third kappa shape index (κ3) is 4.43. The van der Waals surface area contributed by atoms with Crippen LogP contribution in [-0.2, 0) is 6.54 Å². The lowest BCUT2D eigenvalue weighted by Crippen LogP contribution is -2.31. The number of carbonyl (C=O) groups is 1. The van der Waals surface area contributed by atoms with Gasteiger partial charge in [-0.2, -0.15) is 0 Å². The monoisotopic (exact) mass is 453 g/mol. The fourth-order valence-corrected chi connectivity index (χ4v) is 3.41. The van der Waals surface area contributed by atoms with Gasteiger partial charge in [-0.25, -0.2) is 19.2 Å². The molecule has 4 rings (SSSR count). The first-order chi connectivity index (χ1) is 14.1. The first-order valence-electron chi connectivity index (χ1n) is 8.98. The molecule has 0 atom stereocenters. The van der Waals surface area contributed by atoms with Crippen molar-refractivity contribution in [2.24, 2.45) is 0 Å². The number of nitrogens with zero attached hydrogens (tertiary/aromatic N) is 3. The number of benzene rings is 2. The number of carbonyl (C=O) groups excluding carboxylic acids is 1. The molecule has 8 heteroatoms. The third-order valence-electron chi connectivity index (χ3n) is 4.31. The number of hydrogen-bond acceptors (Lipinski definition) is 3. The van der Waals surface area contributed by atoms with E-state index in [2.05, 4.69) is 36.5 Å². The minimum absolute atomic E-state index is 0.302. The predicted octanol–water partition coefficient (Wildman–Crippen LogP) is 4.82. The van der Waals surface area contributed by atoms with Gasteiger partial charge in [-0.1, -0.05) is 22.0 Å². The Bertz CT molecular complexity index is 1160. The Morgan fingerprint density at radius 1 is 1.10 bits per heavy atom. The van der Waals surface area contributed by atoms with Gasteiger partial charge in [0, 0.05) is 35.0 Å². The molecule has 2 amide bonds. The van der Waals surface area contributed by atoms with Crippen LogP contribution in [0.25, 0.3) is 22.6 Å². The first kappa shape index (κ1) is 19.1.